The topological polar surface area (TPSA) is 46.6 Å². The van der Waals surface area contributed by atoms with Gasteiger partial charge in [-0.3, -0.25) is 4.79 Å². The van der Waals surface area contributed by atoms with E-state index < -0.39 is 11.7 Å². The van der Waals surface area contributed by atoms with E-state index in [-0.39, 0.29) is 11.9 Å². The Morgan fingerprint density at radius 1 is 1.47 bits per heavy atom. The van der Waals surface area contributed by atoms with Gasteiger partial charge in [0.25, 0.3) is 0 Å². The third-order valence-electron chi connectivity index (χ3n) is 2.81. The minimum Gasteiger partial charge on any atom is -0.443 e. The maximum Gasteiger partial charge on any atom is 0.417 e. The number of nitrogens with zero attached hydrogens (tertiary/aromatic N) is 1. The average Bonchev–Trinajstić information content (AvgIpc) is 2.54. The molecule has 0 bridgehead atoms. The molecule has 0 spiro atoms. The summed E-state index contributed by atoms with van der Waals surface area (Å²) < 4.78 is 5.27. The molecule has 1 rings (SSSR count). The number of likely N-dealkylation sites (tertiary alicyclic amines) is 1. The third-order valence-corrected chi connectivity index (χ3v) is 2.81. The molecule has 2 amide bonds. The predicted octanol–water partition coefficient (Wildman–Crippen LogP) is 3.10. The molecule has 1 aliphatic heterocycles. The lowest BCUT2D eigenvalue weighted by molar-refractivity contribution is -0.128. The van der Waals surface area contributed by atoms with Gasteiger partial charge >= 0.3 is 6.09 Å². The molecule has 1 aliphatic rings. The lowest BCUT2D eigenvalue weighted by atomic mass is 10.1. The number of rotatable bonds is 3. The second-order valence-corrected chi connectivity index (χ2v) is 5.58. The first-order valence-corrected chi connectivity index (χ1v) is 6.40. The van der Waals surface area contributed by atoms with Crippen LogP contribution < -0.4 is 0 Å². The van der Waals surface area contributed by atoms with E-state index >= 15 is 0 Å². The van der Waals surface area contributed by atoms with Crippen LogP contribution in [0.1, 0.15) is 59.8 Å². The summed E-state index contributed by atoms with van der Waals surface area (Å²) in [6.07, 6.45) is 3.76. The Morgan fingerprint density at radius 2 is 2.12 bits per heavy atom. The van der Waals surface area contributed by atoms with Crippen LogP contribution in [-0.2, 0) is 9.53 Å². The van der Waals surface area contributed by atoms with Crippen LogP contribution in [-0.4, -0.2) is 28.5 Å². The molecule has 1 atom stereocenters. The number of carbonyl (C=O) groups excluding carboxylic acids is 2. The first-order chi connectivity index (χ1) is 7.85. The predicted molar refractivity (Wildman–Crippen MR) is 65.6 cm³/mol. The summed E-state index contributed by atoms with van der Waals surface area (Å²) in [5.74, 6) is -0.0969. The largest absolute Gasteiger partial charge is 0.443 e. The van der Waals surface area contributed by atoms with E-state index in [1.807, 2.05) is 20.8 Å². The second kappa shape index (κ2) is 5.52. The van der Waals surface area contributed by atoms with Crippen molar-refractivity contribution in [3.8, 4) is 0 Å². The minimum atomic E-state index is -0.546. The summed E-state index contributed by atoms with van der Waals surface area (Å²) in [7, 11) is 0. The standard InChI is InChI=1S/C13H23NO3/c1-5-6-7-10-8-9-11(15)14(10)12(16)17-13(2,3)4/h10H,5-9H2,1-4H3/t10-/m1/s1. The van der Waals surface area contributed by atoms with E-state index in [0.717, 1.165) is 25.7 Å². The molecule has 0 aromatic carbocycles. The Kier molecular flexibility index (Phi) is 4.54. The maximum atomic E-state index is 11.9. The number of unbranched alkanes of at least 4 members (excludes halogenated alkanes) is 1. The molecular formula is C13H23NO3. The van der Waals surface area contributed by atoms with Gasteiger partial charge in [-0.2, -0.15) is 0 Å². The van der Waals surface area contributed by atoms with Gasteiger partial charge in [0.05, 0.1) is 0 Å². The number of hydrogen-bond acceptors (Lipinski definition) is 3. The van der Waals surface area contributed by atoms with Gasteiger partial charge in [-0.25, -0.2) is 9.69 Å². The zero-order valence-electron chi connectivity index (χ0n) is 11.3. The highest BCUT2D eigenvalue weighted by molar-refractivity contribution is 5.94. The summed E-state index contributed by atoms with van der Waals surface area (Å²) in [6.45, 7) is 7.54. The first-order valence-electron chi connectivity index (χ1n) is 6.40. The lowest BCUT2D eigenvalue weighted by Gasteiger charge is -2.27. The summed E-state index contributed by atoms with van der Waals surface area (Å²) in [5, 5.41) is 0. The highest BCUT2D eigenvalue weighted by Gasteiger charge is 2.37. The molecule has 1 saturated heterocycles. The molecule has 1 heterocycles. The number of imide groups is 1. The van der Waals surface area contributed by atoms with Crippen LogP contribution in [0.5, 0.6) is 0 Å². The van der Waals surface area contributed by atoms with Crippen LogP contribution >= 0.6 is 0 Å². The zero-order chi connectivity index (χ0) is 13.1. The second-order valence-electron chi connectivity index (χ2n) is 5.58. The summed E-state index contributed by atoms with van der Waals surface area (Å²) in [6, 6.07) is 0.0392. The van der Waals surface area contributed by atoms with Crippen LogP contribution in [0.4, 0.5) is 4.79 Å². The van der Waals surface area contributed by atoms with Crippen molar-refractivity contribution in [2.75, 3.05) is 0 Å². The number of ether oxygens (including phenoxy) is 1. The Labute approximate surface area is 103 Å². The maximum absolute atomic E-state index is 11.9. The Morgan fingerprint density at radius 3 is 2.65 bits per heavy atom. The lowest BCUT2D eigenvalue weighted by Crippen LogP contribution is -2.42. The fourth-order valence-electron chi connectivity index (χ4n) is 2.02. The van der Waals surface area contributed by atoms with Crippen LogP contribution in [0, 0.1) is 0 Å². The van der Waals surface area contributed by atoms with Gasteiger partial charge in [-0.05, 0) is 33.6 Å². The van der Waals surface area contributed by atoms with Gasteiger partial charge in [-0.15, -0.1) is 0 Å². The molecule has 4 nitrogen and oxygen atoms in total. The van der Waals surface area contributed by atoms with Crippen LogP contribution in [0.2, 0.25) is 0 Å². The van der Waals surface area contributed by atoms with Crippen LogP contribution in [0.25, 0.3) is 0 Å². The van der Waals surface area contributed by atoms with Gasteiger partial charge in [0.1, 0.15) is 5.60 Å². The van der Waals surface area contributed by atoms with Crippen molar-refractivity contribution < 1.29 is 14.3 Å². The van der Waals surface area contributed by atoms with Gasteiger partial charge in [0.2, 0.25) is 5.91 Å². The molecule has 17 heavy (non-hydrogen) atoms. The van der Waals surface area contributed by atoms with E-state index in [4.69, 9.17) is 4.74 Å². The monoisotopic (exact) mass is 241 g/mol. The molecule has 1 fully saturated rings. The zero-order valence-corrected chi connectivity index (χ0v) is 11.3. The fraction of sp³-hybridized carbons (Fsp3) is 0.846. The highest BCUT2D eigenvalue weighted by atomic mass is 16.6. The fourth-order valence-corrected chi connectivity index (χ4v) is 2.02. The minimum absolute atomic E-state index is 0.0392. The van der Waals surface area contributed by atoms with Crippen molar-refractivity contribution in [1.82, 2.24) is 4.90 Å². The first kappa shape index (κ1) is 14.0. The van der Waals surface area contributed by atoms with E-state index in [0.29, 0.717) is 6.42 Å². The van der Waals surface area contributed by atoms with Crippen molar-refractivity contribution in [3.63, 3.8) is 0 Å². The van der Waals surface area contributed by atoms with Gasteiger partial charge in [0.15, 0.2) is 0 Å². The van der Waals surface area contributed by atoms with E-state index in [1.165, 1.54) is 4.90 Å². The van der Waals surface area contributed by atoms with Crippen molar-refractivity contribution in [2.45, 2.75) is 71.4 Å². The van der Waals surface area contributed by atoms with E-state index in [1.54, 1.807) is 0 Å². The molecule has 0 aromatic heterocycles. The molecule has 0 aliphatic carbocycles. The van der Waals surface area contributed by atoms with Gasteiger partial charge in [-0.1, -0.05) is 19.8 Å². The summed E-state index contributed by atoms with van der Waals surface area (Å²) in [4.78, 5) is 24.9. The van der Waals surface area contributed by atoms with E-state index in [2.05, 4.69) is 6.92 Å². The summed E-state index contributed by atoms with van der Waals surface area (Å²) >= 11 is 0. The normalized spacial score (nSPS) is 20.8. The summed E-state index contributed by atoms with van der Waals surface area (Å²) in [5.41, 5.74) is -0.546. The van der Waals surface area contributed by atoms with Gasteiger partial charge < -0.3 is 4.74 Å². The third kappa shape index (κ3) is 4.02. The van der Waals surface area contributed by atoms with E-state index in [9.17, 15) is 9.59 Å². The Hall–Kier alpha value is -1.06. The number of hydrogen-bond donors (Lipinski definition) is 0. The van der Waals surface area contributed by atoms with Crippen molar-refractivity contribution in [1.29, 1.82) is 0 Å². The molecule has 0 aromatic rings. The van der Waals surface area contributed by atoms with Crippen molar-refractivity contribution >= 4 is 12.0 Å². The molecule has 0 saturated carbocycles. The Balaban J connectivity index is 2.64. The molecule has 0 unspecified atom stereocenters. The Bertz CT molecular complexity index is 294. The van der Waals surface area contributed by atoms with Gasteiger partial charge in [0, 0.05) is 12.5 Å². The SMILES string of the molecule is CCCC[C@@H]1CCC(=O)N1C(=O)OC(C)(C)C. The highest BCUT2D eigenvalue weighted by Crippen LogP contribution is 2.25. The number of amides is 2. The smallest absolute Gasteiger partial charge is 0.417 e. The molecule has 98 valence electrons. The van der Waals surface area contributed by atoms with Crippen LogP contribution in [0.3, 0.4) is 0 Å². The molecule has 0 N–H and O–H groups in total. The number of carbonyl (C=O) groups is 2. The van der Waals surface area contributed by atoms with Crippen molar-refractivity contribution in [3.05, 3.63) is 0 Å². The quantitative estimate of drug-likeness (QED) is 0.762. The molecule has 4 heteroatoms. The van der Waals surface area contributed by atoms with Crippen LogP contribution in [0.15, 0.2) is 0 Å². The molecule has 0 radical (unpaired) electrons. The molecular weight excluding hydrogens is 218 g/mol. The average molecular weight is 241 g/mol. The van der Waals surface area contributed by atoms with Crippen molar-refractivity contribution in [2.24, 2.45) is 0 Å².